The van der Waals surface area contributed by atoms with Crippen LogP contribution in [0.5, 0.6) is 0 Å². The van der Waals surface area contributed by atoms with Crippen LogP contribution >= 0.6 is 37.5 Å². The second kappa shape index (κ2) is 21.2. The Balaban J connectivity index is 0.00000150. The molecule has 0 aliphatic heterocycles. The Hall–Kier alpha value is -1.60. The van der Waals surface area contributed by atoms with E-state index in [9.17, 15) is 4.79 Å². The van der Waals surface area contributed by atoms with Crippen LogP contribution in [0.2, 0.25) is 0 Å². The van der Waals surface area contributed by atoms with Gasteiger partial charge in [-0.3, -0.25) is 4.79 Å². The van der Waals surface area contributed by atoms with Crippen molar-refractivity contribution in [3.05, 3.63) is 51.0 Å². The summed E-state index contributed by atoms with van der Waals surface area (Å²) < 4.78 is 15.5. The topological polar surface area (TPSA) is 70.6 Å². The molecule has 0 saturated carbocycles. The summed E-state index contributed by atoms with van der Waals surface area (Å²) in [7, 11) is 1.44. The van der Waals surface area contributed by atoms with Crippen LogP contribution in [0.15, 0.2) is 28.7 Å². The monoisotopic (exact) mass is 702 g/mol. The molecule has 0 amide bonds. The molecule has 0 aliphatic carbocycles. The Labute approximate surface area is 250 Å². The fraction of sp³-hybridized carbons (Fsp3) is 0.516. The minimum absolute atomic E-state index is 0.226. The number of carbonyl (C=O) groups excluding carboxylic acids is 1. The van der Waals surface area contributed by atoms with Crippen molar-refractivity contribution in [2.45, 2.75) is 79.7 Å². The zero-order valence-corrected chi connectivity index (χ0v) is 28.2. The van der Waals surface area contributed by atoms with E-state index in [1.807, 2.05) is 0 Å². The molecule has 5 nitrogen and oxygen atoms in total. The molecule has 0 saturated heterocycles. The van der Waals surface area contributed by atoms with E-state index in [2.05, 4.69) is 105 Å². The van der Waals surface area contributed by atoms with E-state index in [1.165, 1.54) is 25.5 Å². The molecule has 2 aromatic rings. The maximum absolute atomic E-state index is 12.3. The molecule has 2 aromatic carbocycles. The van der Waals surface area contributed by atoms with Crippen LogP contribution in [0.25, 0.3) is 11.1 Å². The molecular formula is C31H48BrIN2O3. The number of halogens is 2. The number of nitrogens with one attached hydrogen (secondary N) is 2. The summed E-state index contributed by atoms with van der Waals surface area (Å²) in [6, 6.07) is 8.88. The Kier molecular flexibility index (Phi) is 20.4. The molecule has 0 radical (unpaired) electrons. The molecule has 38 heavy (non-hydrogen) atoms. The summed E-state index contributed by atoms with van der Waals surface area (Å²) in [4.78, 5) is 12.3. The molecule has 0 aliphatic rings. The van der Waals surface area contributed by atoms with Gasteiger partial charge in [0.15, 0.2) is 0 Å². The summed E-state index contributed by atoms with van der Waals surface area (Å²) >= 11 is 3.30. The van der Waals surface area contributed by atoms with Gasteiger partial charge >= 0.3 is 55.2 Å². The van der Waals surface area contributed by atoms with Gasteiger partial charge in [0.05, 0.1) is 19.2 Å². The van der Waals surface area contributed by atoms with Gasteiger partial charge in [0.25, 0.3) is 0 Å². The van der Waals surface area contributed by atoms with Crippen LogP contribution in [-0.2, 0) is 16.0 Å². The van der Waals surface area contributed by atoms with Gasteiger partial charge in [-0.25, -0.2) is 0 Å². The molecule has 7 heteroatoms. The predicted molar refractivity (Wildman–Crippen MR) is 178 cm³/mol. The Morgan fingerprint density at radius 2 is 1.71 bits per heavy atom. The Morgan fingerprint density at radius 1 is 1.08 bits per heavy atom. The van der Waals surface area contributed by atoms with E-state index in [4.69, 9.17) is 8.17 Å². The molecule has 0 aromatic heterocycles. The third-order valence-corrected chi connectivity index (χ3v) is 8.52. The van der Waals surface area contributed by atoms with Crippen LogP contribution in [-0.4, -0.2) is 40.1 Å². The summed E-state index contributed by atoms with van der Waals surface area (Å²) in [5, 5.41) is 7.20. The number of aryl methyl sites for hydroxylation is 1. The molecule has 0 spiro atoms. The number of hydrogen-bond acceptors (Lipinski definition) is 5. The van der Waals surface area contributed by atoms with Crippen LogP contribution in [0.1, 0.15) is 68.7 Å². The summed E-state index contributed by atoms with van der Waals surface area (Å²) in [6.07, 6.45) is 13.0. The number of anilines is 1. The molecule has 3 N–H and O–H groups in total. The van der Waals surface area contributed by atoms with Gasteiger partial charge in [-0.1, -0.05) is 50.1 Å². The number of esters is 1. The van der Waals surface area contributed by atoms with E-state index in [1.54, 1.807) is 0 Å². The summed E-state index contributed by atoms with van der Waals surface area (Å²) in [5.74, 6) is -0.226. The third-order valence-electron chi connectivity index (χ3n) is 6.19. The van der Waals surface area contributed by atoms with E-state index in [0.717, 1.165) is 68.3 Å². The van der Waals surface area contributed by atoms with Crippen molar-refractivity contribution < 1.29 is 13.0 Å². The first-order valence-electron chi connectivity index (χ1n) is 13.3. The fourth-order valence-corrected chi connectivity index (χ4v) is 5.96. The van der Waals surface area contributed by atoms with Crippen LogP contribution in [0.3, 0.4) is 0 Å². The predicted octanol–water partition coefficient (Wildman–Crippen LogP) is 7.59. The van der Waals surface area contributed by atoms with Crippen molar-refractivity contribution in [3.63, 3.8) is 0 Å². The summed E-state index contributed by atoms with van der Waals surface area (Å²) in [6.45, 7) is 14.6. The zero-order valence-electron chi connectivity index (χ0n) is 24.2. The van der Waals surface area contributed by atoms with Crippen molar-refractivity contribution in [1.29, 1.82) is 0 Å². The Bertz CT molecular complexity index is 968. The van der Waals surface area contributed by atoms with Crippen LogP contribution in [0, 0.1) is 33.6 Å². The third kappa shape index (κ3) is 12.1. The number of hydrogen-bond donors (Lipinski definition) is 3. The first kappa shape index (κ1) is 36.4. The number of unbranched alkanes of at least 4 members (excludes halogenated alkanes) is 1. The van der Waals surface area contributed by atoms with E-state index < -0.39 is 21.6 Å². The SMILES string of the molecule is C#C.CCCC(CNc1c(C)c(CC(=O)OC)c(-c2ccc(C)cc2)c(C)c1Br)NCC.CCCC[IH]O. The van der Waals surface area contributed by atoms with Gasteiger partial charge < -0.3 is 15.4 Å². The van der Waals surface area contributed by atoms with Gasteiger partial charge in [0.2, 0.25) is 0 Å². The van der Waals surface area contributed by atoms with Crippen molar-refractivity contribution in [1.82, 2.24) is 5.32 Å². The first-order valence-corrected chi connectivity index (χ1v) is 16.8. The quantitative estimate of drug-likeness (QED) is 0.0660. The van der Waals surface area contributed by atoms with Gasteiger partial charge in [-0.15, -0.1) is 12.8 Å². The van der Waals surface area contributed by atoms with Gasteiger partial charge in [-0.2, -0.15) is 0 Å². The molecule has 1 unspecified atom stereocenters. The van der Waals surface area contributed by atoms with Crippen molar-refractivity contribution in [2.24, 2.45) is 0 Å². The summed E-state index contributed by atoms with van der Waals surface area (Å²) in [5.41, 5.74) is 7.72. The molecule has 2 rings (SSSR count). The molecule has 0 heterocycles. The number of methoxy groups -OCH3 is 1. The second-order valence-electron chi connectivity index (χ2n) is 9.02. The number of benzene rings is 2. The molecular weight excluding hydrogens is 655 g/mol. The van der Waals surface area contributed by atoms with Crippen LogP contribution < -0.4 is 10.6 Å². The average Bonchev–Trinajstić information content (AvgIpc) is 2.93. The number of ether oxygens (including phenoxy) is 1. The standard InChI is InChI=1S/C25H35BrN2O2.C4H11IO.C2H2/c1-7-9-20(27-8-2)15-28-25-17(4)21(14-22(29)30-6)23(18(5)24(25)26)19-12-10-16(3)11-13-19;1-2-3-4-5-6;1-2/h10-13,20,27-28H,7-9,14-15H2,1-6H3;5-6H,2-4H2,1H3;1-2H. The minimum atomic E-state index is -0.536. The molecule has 0 fully saturated rings. The van der Waals surface area contributed by atoms with E-state index >= 15 is 0 Å². The molecule has 214 valence electrons. The molecule has 1 atom stereocenters. The second-order valence-corrected chi connectivity index (χ2v) is 11.7. The van der Waals surface area contributed by atoms with E-state index in [-0.39, 0.29) is 12.4 Å². The van der Waals surface area contributed by atoms with Crippen molar-refractivity contribution >= 4 is 49.2 Å². The van der Waals surface area contributed by atoms with Crippen LogP contribution in [0.4, 0.5) is 5.69 Å². The Morgan fingerprint density at radius 3 is 2.18 bits per heavy atom. The van der Waals surface area contributed by atoms with Gasteiger partial charge in [-0.05, 0) is 77.5 Å². The number of terminal acetylenes is 1. The first-order chi connectivity index (χ1) is 18.2. The normalized spacial score (nSPS) is 11.0. The van der Waals surface area contributed by atoms with E-state index in [0.29, 0.717) is 6.04 Å². The average molecular weight is 704 g/mol. The fourth-order valence-electron chi connectivity index (χ4n) is 4.13. The van der Waals surface area contributed by atoms with Gasteiger partial charge in [0, 0.05) is 17.1 Å². The van der Waals surface area contributed by atoms with Gasteiger partial charge in [0.1, 0.15) is 0 Å². The zero-order chi connectivity index (χ0) is 29.1. The molecule has 0 bridgehead atoms. The van der Waals surface area contributed by atoms with Crippen molar-refractivity contribution in [3.8, 4) is 24.0 Å². The number of alkyl halides is 1. The number of likely N-dealkylation sites (N-methyl/N-ethyl adjacent to an activating group) is 1. The number of carbonyl (C=O) groups is 1. The maximum atomic E-state index is 12.3. The van der Waals surface area contributed by atoms with Crippen molar-refractivity contribution in [2.75, 3.05) is 29.9 Å². The number of rotatable bonds is 13.